The van der Waals surface area contributed by atoms with Crippen molar-refractivity contribution in [3.8, 4) is 0 Å². The number of halogens is 1. The van der Waals surface area contributed by atoms with E-state index in [0.717, 1.165) is 16.3 Å². The highest BCUT2D eigenvalue weighted by Gasteiger charge is 2.24. The van der Waals surface area contributed by atoms with Crippen molar-refractivity contribution < 1.29 is 14.3 Å². The van der Waals surface area contributed by atoms with Crippen molar-refractivity contribution in [1.29, 1.82) is 0 Å². The molecule has 0 amide bonds. The molecule has 0 aliphatic carbocycles. The van der Waals surface area contributed by atoms with Crippen molar-refractivity contribution >= 4 is 23.4 Å². The van der Waals surface area contributed by atoms with Crippen molar-refractivity contribution in [1.82, 2.24) is 0 Å². The first kappa shape index (κ1) is 12.2. The van der Waals surface area contributed by atoms with Crippen LogP contribution in [-0.4, -0.2) is 29.4 Å². The van der Waals surface area contributed by atoms with Gasteiger partial charge < -0.3 is 10.0 Å². The van der Waals surface area contributed by atoms with Gasteiger partial charge in [-0.05, 0) is 25.1 Å². The van der Waals surface area contributed by atoms with Crippen molar-refractivity contribution in [2.24, 2.45) is 0 Å². The molecule has 0 bridgehead atoms. The Morgan fingerprint density at radius 2 is 2.41 bits per heavy atom. The average Bonchev–Trinajstić information content (AvgIpc) is 2.27. The molecule has 1 unspecified atom stereocenters. The van der Waals surface area contributed by atoms with Crippen molar-refractivity contribution in [2.75, 3.05) is 17.2 Å². The molecule has 0 aromatic heterocycles. The van der Waals surface area contributed by atoms with Crippen LogP contribution in [0.4, 0.5) is 10.1 Å². The number of carboxylic acids is 1. The summed E-state index contributed by atoms with van der Waals surface area (Å²) in [7, 11) is 0. The number of benzene rings is 1. The van der Waals surface area contributed by atoms with E-state index in [1.807, 2.05) is 4.90 Å². The second-order valence-electron chi connectivity index (χ2n) is 4.11. The van der Waals surface area contributed by atoms with Gasteiger partial charge in [-0.15, -0.1) is 11.8 Å². The number of nitrogens with zero attached hydrogens (tertiary/aromatic N) is 1. The van der Waals surface area contributed by atoms with Crippen molar-refractivity contribution in [3.63, 3.8) is 0 Å². The monoisotopic (exact) mass is 255 g/mol. The highest BCUT2D eigenvalue weighted by Crippen LogP contribution is 2.37. The standard InChI is InChI=1S/C12H14FNO2S/c1-8-7-17-11-6-9(13)2-3-10(11)14(8)5-4-12(15)16/h2-3,6,8H,4-5,7H2,1H3,(H,15,16). The summed E-state index contributed by atoms with van der Waals surface area (Å²) in [5.74, 6) is -0.195. The van der Waals surface area contributed by atoms with Crippen LogP contribution in [0.3, 0.4) is 0 Å². The number of aliphatic carboxylic acids is 1. The van der Waals surface area contributed by atoms with E-state index in [1.54, 1.807) is 17.8 Å². The van der Waals surface area contributed by atoms with E-state index in [-0.39, 0.29) is 18.3 Å². The Hall–Kier alpha value is -1.23. The fraction of sp³-hybridized carbons (Fsp3) is 0.417. The van der Waals surface area contributed by atoms with E-state index < -0.39 is 5.97 Å². The Kier molecular flexibility index (Phi) is 3.57. The fourth-order valence-electron chi connectivity index (χ4n) is 1.94. The van der Waals surface area contributed by atoms with Gasteiger partial charge in [0, 0.05) is 23.2 Å². The van der Waals surface area contributed by atoms with Crippen LogP contribution in [0.15, 0.2) is 23.1 Å². The molecule has 1 aliphatic rings. The second kappa shape index (κ2) is 4.96. The molecule has 1 heterocycles. The van der Waals surface area contributed by atoms with Gasteiger partial charge in [0.1, 0.15) is 5.82 Å². The molecule has 92 valence electrons. The summed E-state index contributed by atoms with van der Waals surface area (Å²) in [6, 6.07) is 4.94. The number of rotatable bonds is 3. The van der Waals surface area contributed by atoms with Crippen LogP contribution in [-0.2, 0) is 4.79 Å². The molecular weight excluding hydrogens is 241 g/mol. The van der Waals surface area contributed by atoms with Crippen molar-refractivity contribution in [3.05, 3.63) is 24.0 Å². The zero-order chi connectivity index (χ0) is 12.4. The van der Waals surface area contributed by atoms with Crippen LogP contribution in [0.1, 0.15) is 13.3 Å². The second-order valence-corrected chi connectivity index (χ2v) is 5.17. The van der Waals surface area contributed by atoms with E-state index >= 15 is 0 Å². The van der Waals surface area contributed by atoms with E-state index in [0.29, 0.717) is 6.54 Å². The van der Waals surface area contributed by atoms with Gasteiger partial charge in [-0.1, -0.05) is 0 Å². The number of carbonyl (C=O) groups is 1. The predicted octanol–water partition coefficient (Wildman–Crippen LogP) is 2.60. The number of thioether (sulfide) groups is 1. The van der Waals surface area contributed by atoms with Gasteiger partial charge in [0.05, 0.1) is 12.1 Å². The number of hydrogen-bond acceptors (Lipinski definition) is 3. The molecule has 3 nitrogen and oxygen atoms in total. The van der Waals surface area contributed by atoms with Crippen LogP contribution in [0.2, 0.25) is 0 Å². The Morgan fingerprint density at radius 3 is 3.12 bits per heavy atom. The maximum Gasteiger partial charge on any atom is 0.305 e. The minimum absolute atomic E-state index is 0.103. The lowest BCUT2D eigenvalue weighted by atomic mass is 10.2. The summed E-state index contributed by atoms with van der Waals surface area (Å²) in [4.78, 5) is 13.6. The van der Waals surface area contributed by atoms with Crippen molar-refractivity contribution in [2.45, 2.75) is 24.3 Å². The molecule has 1 aliphatic heterocycles. The molecule has 5 heteroatoms. The molecular formula is C12H14FNO2S. The lowest BCUT2D eigenvalue weighted by molar-refractivity contribution is -0.136. The molecule has 1 aromatic carbocycles. The maximum atomic E-state index is 13.1. The summed E-state index contributed by atoms with van der Waals surface area (Å²) in [6.07, 6.45) is 0.103. The highest BCUT2D eigenvalue weighted by molar-refractivity contribution is 7.99. The molecule has 0 fully saturated rings. The van der Waals surface area contributed by atoms with Gasteiger partial charge in [0.25, 0.3) is 0 Å². The van der Waals surface area contributed by atoms with Gasteiger partial charge in [0.2, 0.25) is 0 Å². The first-order valence-corrected chi connectivity index (χ1v) is 6.47. The van der Waals surface area contributed by atoms with Gasteiger partial charge in [-0.2, -0.15) is 0 Å². The molecule has 1 atom stereocenters. The smallest absolute Gasteiger partial charge is 0.305 e. The van der Waals surface area contributed by atoms with E-state index in [4.69, 9.17) is 5.11 Å². The van der Waals surface area contributed by atoms with E-state index in [1.165, 1.54) is 12.1 Å². The van der Waals surface area contributed by atoms with Crippen LogP contribution < -0.4 is 4.90 Å². The maximum absolute atomic E-state index is 13.1. The van der Waals surface area contributed by atoms with Gasteiger partial charge in [-0.25, -0.2) is 4.39 Å². The van der Waals surface area contributed by atoms with Gasteiger partial charge in [0.15, 0.2) is 0 Å². The van der Waals surface area contributed by atoms with Crippen LogP contribution in [0, 0.1) is 5.82 Å². The van der Waals surface area contributed by atoms with Gasteiger partial charge in [-0.3, -0.25) is 4.79 Å². The van der Waals surface area contributed by atoms with E-state index in [9.17, 15) is 9.18 Å². The Morgan fingerprint density at radius 1 is 1.65 bits per heavy atom. The zero-order valence-electron chi connectivity index (χ0n) is 9.52. The van der Waals surface area contributed by atoms with Crippen LogP contribution >= 0.6 is 11.8 Å². The molecule has 17 heavy (non-hydrogen) atoms. The third-order valence-corrected chi connectivity index (χ3v) is 4.10. The predicted molar refractivity (Wildman–Crippen MR) is 66.2 cm³/mol. The first-order chi connectivity index (χ1) is 8.08. The minimum Gasteiger partial charge on any atom is -0.481 e. The minimum atomic E-state index is -0.806. The first-order valence-electron chi connectivity index (χ1n) is 5.48. The normalized spacial score (nSPS) is 18.9. The summed E-state index contributed by atoms with van der Waals surface area (Å²) in [5.41, 5.74) is 0.941. The molecule has 2 rings (SSSR count). The molecule has 0 saturated heterocycles. The summed E-state index contributed by atoms with van der Waals surface area (Å²) < 4.78 is 13.1. The molecule has 1 N–H and O–H groups in total. The topological polar surface area (TPSA) is 40.5 Å². The molecule has 0 saturated carbocycles. The number of fused-ring (bicyclic) bond motifs is 1. The third kappa shape index (κ3) is 2.72. The lowest BCUT2D eigenvalue weighted by Gasteiger charge is -2.36. The fourth-order valence-corrected chi connectivity index (χ4v) is 3.07. The molecule has 1 aromatic rings. The van der Waals surface area contributed by atoms with Gasteiger partial charge >= 0.3 is 5.97 Å². The Bertz CT molecular complexity index is 439. The zero-order valence-corrected chi connectivity index (χ0v) is 10.3. The highest BCUT2D eigenvalue weighted by atomic mass is 32.2. The molecule has 0 spiro atoms. The number of hydrogen-bond donors (Lipinski definition) is 1. The summed E-state index contributed by atoms with van der Waals surface area (Å²) >= 11 is 1.62. The number of anilines is 1. The Balaban J connectivity index is 2.23. The quantitative estimate of drug-likeness (QED) is 0.901. The third-order valence-electron chi connectivity index (χ3n) is 2.81. The molecule has 0 radical (unpaired) electrons. The Labute approximate surface area is 104 Å². The lowest BCUT2D eigenvalue weighted by Crippen LogP contribution is -2.39. The summed E-state index contributed by atoms with van der Waals surface area (Å²) in [6.45, 7) is 2.52. The van der Waals surface area contributed by atoms with Crippen LogP contribution in [0.5, 0.6) is 0 Å². The number of carboxylic acid groups (broad SMARTS) is 1. The van der Waals surface area contributed by atoms with E-state index in [2.05, 4.69) is 6.92 Å². The summed E-state index contributed by atoms with van der Waals surface area (Å²) in [5, 5.41) is 8.73. The largest absolute Gasteiger partial charge is 0.481 e. The average molecular weight is 255 g/mol. The SMILES string of the molecule is CC1CSc2cc(F)ccc2N1CCC(=O)O. The van der Waals surface area contributed by atoms with Crippen LogP contribution in [0.25, 0.3) is 0 Å².